The predicted molar refractivity (Wildman–Crippen MR) is 111 cm³/mol. The normalized spacial score (nSPS) is 10.8. The van der Waals surface area contributed by atoms with Crippen molar-refractivity contribution in [2.75, 3.05) is 6.61 Å². The molecule has 0 atom stereocenters. The molecule has 0 amide bonds. The second-order valence-corrected chi connectivity index (χ2v) is 7.74. The average Bonchev–Trinajstić information content (AvgIpc) is 2.60. The Kier molecular flexibility index (Phi) is 20.3. The largest absolute Gasteiger partial charge is 0.466 e. The van der Waals surface area contributed by atoms with Crippen LogP contribution >= 0.6 is 11.6 Å². The Labute approximate surface area is 166 Å². The summed E-state index contributed by atoms with van der Waals surface area (Å²) in [7, 11) is 0. The van der Waals surface area contributed by atoms with Crippen molar-refractivity contribution in [2.24, 2.45) is 0 Å². The van der Waals surface area contributed by atoms with E-state index in [1.165, 1.54) is 77.0 Å². The number of rotatable bonds is 20. The molecule has 154 valence electrons. The van der Waals surface area contributed by atoms with Crippen LogP contribution in [0.5, 0.6) is 0 Å². The fourth-order valence-corrected chi connectivity index (χ4v) is 3.37. The van der Waals surface area contributed by atoms with Gasteiger partial charge < -0.3 is 4.74 Å². The third-order valence-electron chi connectivity index (χ3n) is 4.81. The van der Waals surface area contributed by atoms with E-state index in [1.807, 2.05) is 6.92 Å². The van der Waals surface area contributed by atoms with Crippen LogP contribution in [0.25, 0.3) is 0 Å². The summed E-state index contributed by atoms with van der Waals surface area (Å²) in [5.74, 6) is -0.0460. The van der Waals surface area contributed by atoms with Crippen molar-refractivity contribution in [1.82, 2.24) is 0 Å². The van der Waals surface area contributed by atoms with E-state index in [4.69, 9.17) is 16.3 Å². The fourth-order valence-electron chi connectivity index (χ4n) is 3.24. The van der Waals surface area contributed by atoms with Crippen molar-refractivity contribution in [3.63, 3.8) is 0 Å². The van der Waals surface area contributed by atoms with Gasteiger partial charge >= 0.3 is 5.97 Å². The van der Waals surface area contributed by atoms with Gasteiger partial charge in [0.2, 0.25) is 5.24 Å². The topological polar surface area (TPSA) is 43.4 Å². The van der Waals surface area contributed by atoms with Crippen LogP contribution in [0.4, 0.5) is 0 Å². The molecule has 0 aromatic heterocycles. The van der Waals surface area contributed by atoms with Gasteiger partial charge in [0.15, 0.2) is 0 Å². The van der Waals surface area contributed by atoms with E-state index in [9.17, 15) is 9.59 Å². The van der Waals surface area contributed by atoms with Gasteiger partial charge in [-0.3, -0.25) is 9.59 Å². The van der Waals surface area contributed by atoms with Gasteiger partial charge in [0.05, 0.1) is 6.61 Å². The second-order valence-electron chi connectivity index (χ2n) is 7.32. The Morgan fingerprint density at radius 2 is 0.885 bits per heavy atom. The number of esters is 1. The molecule has 0 saturated carbocycles. The minimum Gasteiger partial charge on any atom is -0.466 e. The molecular formula is C22H41ClO3. The van der Waals surface area contributed by atoms with Gasteiger partial charge in [-0.1, -0.05) is 89.9 Å². The maximum atomic E-state index is 11.2. The first-order valence-corrected chi connectivity index (χ1v) is 11.4. The molecular weight excluding hydrogens is 348 g/mol. The molecule has 26 heavy (non-hydrogen) atoms. The zero-order valence-electron chi connectivity index (χ0n) is 17.0. The van der Waals surface area contributed by atoms with Gasteiger partial charge in [-0.25, -0.2) is 0 Å². The average molecular weight is 389 g/mol. The number of unbranched alkanes of at least 4 members (excludes halogenated alkanes) is 15. The molecule has 0 aliphatic rings. The third-order valence-corrected chi connectivity index (χ3v) is 5.00. The molecule has 0 aromatic carbocycles. The van der Waals surface area contributed by atoms with E-state index in [1.54, 1.807) is 0 Å². The maximum absolute atomic E-state index is 11.2. The molecule has 0 fully saturated rings. The lowest BCUT2D eigenvalue weighted by Gasteiger charge is -2.04. The van der Waals surface area contributed by atoms with Crippen LogP contribution in [0.1, 0.15) is 122 Å². The number of hydrogen-bond donors (Lipinski definition) is 0. The molecule has 0 heterocycles. The first-order valence-electron chi connectivity index (χ1n) is 11.0. The van der Waals surface area contributed by atoms with Crippen LogP contribution in [0.3, 0.4) is 0 Å². The van der Waals surface area contributed by atoms with E-state index in [0.717, 1.165) is 25.7 Å². The maximum Gasteiger partial charge on any atom is 0.305 e. The summed E-state index contributed by atoms with van der Waals surface area (Å²) in [6, 6.07) is 0. The lowest BCUT2D eigenvalue weighted by atomic mass is 10.0. The number of carbonyl (C=O) groups excluding carboxylic acids is 2. The monoisotopic (exact) mass is 388 g/mol. The number of halogens is 1. The smallest absolute Gasteiger partial charge is 0.305 e. The minimum atomic E-state index is -0.195. The van der Waals surface area contributed by atoms with E-state index >= 15 is 0 Å². The standard InChI is InChI=1S/C22H41ClO3/c1-2-26-22(25)20-18-16-14-12-10-8-6-4-3-5-7-9-11-13-15-17-19-21(23)24/h2-20H2,1H3. The van der Waals surface area contributed by atoms with E-state index in [0.29, 0.717) is 19.4 Å². The molecule has 0 saturated heterocycles. The van der Waals surface area contributed by atoms with Crippen LogP contribution in [0.15, 0.2) is 0 Å². The second kappa shape index (κ2) is 20.7. The first-order chi connectivity index (χ1) is 12.7. The van der Waals surface area contributed by atoms with Crippen LogP contribution in [0, 0.1) is 0 Å². The highest BCUT2D eigenvalue weighted by atomic mass is 35.5. The predicted octanol–water partition coefficient (Wildman–Crippen LogP) is 7.34. The quantitative estimate of drug-likeness (QED) is 0.124. The van der Waals surface area contributed by atoms with Crippen molar-refractivity contribution >= 4 is 22.8 Å². The van der Waals surface area contributed by atoms with E-state index in [-0.39, 0.29) is 11.2 Å². The highest BCUT2D eigenvalue weighted by molar-refractivity contribution is 6.63. The number of hydrogen-bond acceptors (Lipinski definition) is 3. The number of carbonyl (C=O) groups is 2. The fraction of sp³-hybridized carbons (Fsp3) is 0.909. The Hall–Kier alpha value is -0.570. The molecule has 0 bridgehead atoms. The molecule has 0 aromatic rings. The molecule has 0 unspecified atom stereocenters. The molecule has 0 radical (unpaired) electrons. The first kappa shape index (κ1) is 25.4. The van der Waals surface area contributed by atoms with Gasteiger partial charge in [0, 0.05) is 12.8 Å². The van der Waals surface area contributed by atoms with Crippen molar-refractivity contribution < 1.29 is 14.3 Å². The molecule has 0 aliphatic carbocycles. The Bertz CT molecular complexity index is 331. The van der Waals surface area contributed by atoms with Gasteiger partial charge in [0.25, 0.3) is 0 Å². The van der Waals surface area contributed by atoms with Gasteiger partial charge in [-0.15, -0.1) is 0 Å². The van der Waals surface area contributed by atoms with Crippen LogP contribution < -0.4 is 0 Å². The molecule has 4 heteroatoms. The van der Waals surface area contributed by atoms with Gasteiger partial charge in [-0.2, -0.15) is 0 Å². The minimum absolute atomic E-state index is 0.0460. The summed E-state index contributed by atoms with van der Waals surface area (Å²) in [5.41, 5.74) is 0. The van der Waals surface area contributed by atoms with Crippen molar-refractivity contribution in [3.05, 3.63) is 0 Å². The highest BCUT2D eigenvalue weighted by Gasteiger charge is 2.00. The molecule has 0 N–H and O–H groups in total. The number of ether oxygens (including phenoxy) is 1. The molecule has 3 nitrogen and oxygen atoms in total. The summed E-state index contributed by atoms with van der Waals surface area (Å²) in [6.45, 7) is 2.35. The van der Waals surface area contributed by atoms with Crippen LogP contribution in [-0.2, 0) is 14.3 Å². The highest BCUT2D eigenvalue weighted by Crippen LogP contribution is 2.14. The Morgan fingerprint density at radius 1 is 0.577 bits per heavy atom. The van der Waals surface area contributed by atoms with Crippen molar-refractivity contribution in [1.29, 1.82) is 0 Å². The summed E-state index contributed by atoms with van der Waals surface area (Å²) in [4.78, 5) is 21.8. The summed E-state index contributed by atoms with van der Waals surface area (Å²) in [5, 5.41) is -0.195. The molecule has 0 aliphatic heterocycles. The van der Waals surface area contributed by atoms with Gasteiger partial charge in [0.1, 0.15) is 0 Å². The summed E-state index contributed by atoms with van der Waals surface area (Å²) < 4.78 is 4.92. The Morgan fingerprint density at radius 3 is 1.19 bits per heavy atom. The summed E-state index contributed by atoms with van der Waals surface area (Å²) in [6.07, 6.45) is 21.3. The van der Waals surface area contributed by atoms with E-state index < -0.39 is 0 Å². The third kappa shape index (κ3) is 21.5. The lowest BCUT2D eigenvalue weighted by molar-refractivity contribution is -0.143. The zero-order valence-corrected chi connectivity index (χ0v) is 17.8. The SMILES string of the molecule is CCOC(=O)CCCCCCCCCCCCCCCCCCC(=O)Cl. The van der Waals surface area contributed by atoms with Gasteiger partial charge in [-0.05, 0) is 31.4 Å². The Balaban J connectivity index is 3.05. The van der Waals surface area contributed by atoms with Crippen molar-refractivity contribution in [3.8, 4) is 0 Å². The zero-order chi connectivity index (χ0) is 19.3. The molecule has 0 rings (SSSR count). The van der Waals surface area contributed by atoms with Crippen molar-refractivity contribution in [2.45, 2.75) is 122 Å². The van der Waals surface area contributed by atoms with Crippen LogP contribution in [0.2, 0.25) is 0 Å². The lowest BCUT2D eigenvalue weighted by Crippen LogP contribution is -2.03. The molecule has 0 spiro atoms. The van der Waals surface area contributed by atoms with Crippen LogP contribution in [-0.4, -0.2) is 17.8 Å². The summed E-state index contributed by atoms with van der Waals surface area (Å²) >= 11 is 5.31. The van der Waals surface area contributed by atoms with E-state index in [2.05, 4.69) is 0 Å².